The van der Waals surface area contributed by atoms with Gasteiger partial charge in [0.25, 0.3) is 11.5 Å². The highest BCUT2D eigenvalue weighted by atomic mass is 32.1. The molecule has 1 aliphatic heterocycles. The Labute approximate surface area is 194 Å². The van der Waals surface area contributed by atoms with Gasteiger partial charge in [-0.2, -0.15) is 5.26 Å². The van der Waals surface area contributed by atoms with Gasteiger partial charge in [0.15, 0.2) is 0 Å². The Bertz CT molecular complexity index is 1400. The van der Waals surface area contributed by atoms with Gasteiger partial charge in [0, 0.05) is 44.0 Å². The molecule has 0 unspecified atom stereocenters. The Balaban J connectivity index is 1.52. The standard InChI is InChI=1S/C25H21N5O2S/c26-15-19-23(28-10-12-29(13-11-28)25(32)22-7-4-14-33-22)20-16-27-9-8-21(20)30(24(19)31)17-18-5-2-1-3-6-18/h1-9,14,16H,10-13,17H2. The normalized spacial score (nSPS) is 13.8. The first-order chi connectivity index (χ1) is 16.2. The predicted molar refractivity (Wildman–Crippen MR) is 129 cm³/mol. The number of rotatable bonds is 4. The minimum Gasteiger partial charge on any atom is -0.366 e. The molecule has 0 spiro atoms. The molecule has 5 rings (SSSR count). The molecule has 0 atom stereocenters. The van der Waals surface area contributed by atoms with E-state index in [1.165, 1.54) is 11.3 Å². The van der Waals surface area contributed by atoms with E-state index in [4.69, 9.17) is 0 Å². The SMILES string of the molecule is N#Cc1c(N2CCN(C(=O)c3cccs3)CC2)c2cnccc2n(Cc2ccccc2)c1=O. The molecule has 0 aliphatic carbocycles. The summed E-state index contributed by atoms with van der Waals surface area (Å²) in [6.45, 7) is 2.50. The smallest absolute Gasteiger partial charge is 0.271 e. The third-order valence-corrected chi connectivity index (χ3v) is 6.81. The fourth-order valence-corrected chi connectivity index (χ4v) is 5.02. The van der Waals surface area contributed by atoms with Crippen molar-refractivity contribution in [3.05, 3.63) is 92.7 Å². The molecule has 0 radical (unpaired) electrons. The maximum absolute atomic E-state index is 13.4. The number of fused-ring (bicyclic) bond motifs is 1. The molecule has 8 heteroatoms. The van der Waals surface area contributed by atoms with Crippen LogP contribution in [0.1, 0.15) is 20.8 Å². The lowest BCUT2D eigenvalue weighted by Crippen LogP contribution is -2.49. The zero-order chi connectivity index (χ0) is 22.8. The monoisotopic (exact) mass is 455 g/mol. The summed E-state index contributed by atoms with van der Waals surface area (Å²) in [4.78, 5) is 35.0. The molecule has 1 amide bonds. The van der Waals surface area contributed by atoms with E-state index in [0.717, 1.165) is 21.3 Å². The van der Waals surface area contributed by atoms with Gasteiger partial charge in [-0.05, 0) is 23.1 Å². The van der Waals surface area contributed by atoms with Crippen LogP contribution in [0.4, 0.5) is 5.69 Å². The van der Waals surface area contributed by atoms with Crippen LogP contribution in [-0.2, 0) is 6.54 Å². The molecule has 0 bridgehead atoms. The molecule has 1 saturated heterocycles. The van der Waals surface area contributed by atoms with E-state index in [1.807, 2.05) is 63.7 Å². The first kappa shape index (κ1) is 20.9. The van der Waals surface area contributed by atoms with Crippen molar-refractivity contribution in [3.63, 3.8) is 0 Å². The number of anilines is 1. The number of piperazine rings is 1. The zero-order valence-electron chi connectivity index (χ0n) is 17.8. The number of aromatic nitrogens is 2. The van der Waals surface area contributed by atoms with Crippen molar-refractivity contribution in [1.29, 1.82) is 5.26 Å². The number of thiophene rings is 1. The number of nitrogens with zero attached hydrogens (tertiary/aromatic N) is 5. The van der Waals surface area contributed by atoms with Crippen LogP contribution < -0.4 is 10.5 Å². The van der Waals surface area contributed by atoms with Crippen LogP contribution in [0, 0.1) is 11.3 Å². The Morgan fingerprint density at radius 3 is 2.55 bits per heavy atom. The van der Waals surface area contributed by atoms with Crippen molar-refractivity contribution in [2.45, 2.75) is 6.54 Å². The Kier molecular flexibility index (Phi) is 5.63. The minimum atomic E-state index is -0.313. The van der Waals surface area contributed by atoms with Crippen LogP contribution in [0.2, 0.25) is 0 Å². The van der Waals surface area contributed by atoms with Crippen LogP contribution in [0.25, 0.3) is 10.9 Å². The van der Waals surface area contributed by atoms with Gasteiger partial charge in [-0.1, -0.05) is 36.4 Å². The van der Waals surface area contributed by atoms with Gasteiger partial charge in [0.2, 0.25) is 0 Å². The number of nitriles is 1. The third kappa shape index (κ3) is 3.88. The predicted octanol–water partition coefficient (Wildman–Crippen LogP) is 3.34. The average molecular weight is 456 g/mol. The largest absolute Gasteiger partial charge is 0.366 e. The second kappa shape index (κ2) is 8.88. The molecule has 0 saturated carbocycles. The van der Waals surface area contributed by atoms with Crippen molar-refractivity contribution in [2.75, 3.05) is 31.1 Å². The average Bonchev–Trinajstić information content (AvgIpc) is 3.41. The Hall–Kier alpha value is -3.96. The molecular formula is C25H21N5O2S. The summed E-state index contributed by atoms with van der Waals surface area (Å²) in [5.41, 5.74) is 2.13. The van der Waals surface area contributed by atoms with Crippen LogP contribution >= 0.6 is 11.3 Å². The number of hydrogen-bond acceptors (Lipinski definition) is 6. The number of carbonyl (C=O) groups excluding carboxylic acids is 1. The van der Waals surface area contributed by atoms with Crippen LogP contribution in [0.5, 0.6) is 0 Å². The van der Waals surface area contributed by atoms with Gasteiger partial charge in [-0.15, -0.1) is 11.3 Å². The molecule has 164 valence electrons. The lowest BCUT2D eigenvalue weighted by atomic mass is 10.1. The van der Waals surface area contributed by atoms with Crippen molar-refractivity contribution >= 4 is 33.8 Å². The van der Waals surface area contributed by atoms with Crippen molar-refractivity contribution in [2.24, 2.45) is 0 Å². The van der Waals surface area contributed by atoms with E-state index < -0.39 is 0 Å². The third-order valence-electron chi connectivity index (χ3n) is 5.95. The lowest BCUT2D eigenvalue weighted by molar-refractivity contribution is 0.0751. The first-order valence-corrected chi connectivity index (χ1v) is 11.6. The number of pyridine rings is 2. The van der Waals surface area contributed by atoms with Gasteiger partial charge in [0.1, 0.15) is 11.6 Å². The summed E-state index contributed by atoms with van der Waals surface area (Å²) >= 11 is 1.43. The van der Waals surface area contributed by atoms with Crippen LogP contribution in [0.3, 0.4) is 0 Å². The molecule has 1 aromatic carbocycles. The molecule has 0 N–H and O–H groups in total. The number of carbonyl (C=O) groups is 1. The van der Waals surface area contributed by atoms with Gasteiger partial charge in [-0.3, -0.25) is 14.6 Å². The first-order valence-electron chi connectivity index (χ1n) is 10.7. The second-order valence-corrected chi connectivity index (χ2v) is 8.81. The topological polar surface area (TPSA) is 82.2 Å². The van der Waals surface area contributed by atoms with Crippen LogP contribution in [-0.4, -0.2) is 46.5 Å². The van der Waals surface area contributed by atoms with E-state index in [2.05, 4.69) is 11.1 Å². The highest BCUT2D eigenvalue weighted by Crippen LogP contribution is 2.29. The Morgan fingerprint density at radius 1 is 1.06 bits per heavy atom. The highest BCUT2D eigenvalue weighted by Gasteiger charge is 2.27. The fourth-order valence-electron chi connectivity index (χ4n) is 4.33. The summed E-state index contributed by atoms with van der Waals surface area (Å²) in [7, 11) is 0. The second-order valence-electron chi connectivity index (χ2n) is 7.86. The molecule has 33 heavy (non-hydrogen) atoms. The molecular weight excluding hydrogens is 434 g/mol. The molecule has 4 heterocycles. The molecule has 3 aromatic heterocycles. The summed E-state index contributed by atoms with van der Waals surface area (Å²) in [6, 6.07) is 17.4. The minimum absolute atomic E-state index is 0.0231. The summed E-state index contributed by atoms with van der Waals surface area (Å²) in [5.74, 6) is 0.0231. The van der Waals surface area contributed by atoms with Crippen LogP contribution in [0.15, 0.2) is 71.1 Å². The van der Waals surface area contributed by atoms with Crippen molar-refractivity contribution in [3.8, 4) is 6.07 Å². The number of benzene rings is 1. The van der Waals surface area contributed by atoms with Gasteiger partial charge < -0.3 is 14.4 Å². The van der Waals surface area contributed by atoms with E-state index in [1.54, 1.807) is 17.0 Å². The van der Waals surface area contributed by atoms with Gasteiger partial charge in [-0.25, -0.2) is 0 Å². The fraction of sp³-hybridized carbons (Fsp3) is 0.200. The summed E-state index contributed by atoms with van der Waals surface area (Å²) in [5, 5.41) is 12.6. The maximum atomic E-state index is 13.4. The lowest BCUT2D eigenvalue weighted by Gasteiger charge is -2.36. The molecule has 1 aliphatic rings. The molecule has 4 aromatic rings. The highest BCUT2D eigenvalue weighted by molar-refractivity contribution is 7.12. The summed E-state index contributed by atoms with van der Waals surface area (Å²) in [6.07, 6.45) is 3.38. The van der Waals surface area contributed by atoms with Crippen molar-refractivity contribution < 1.29 is 4.79 Å². The van der Waals surface area contributed by atoms with Gasteiger partial charge >= 0.3 is 0 Å². The maximum Gasteiger partial charge on any atom is 0.271 e. The number of amides is 1. The van der Waals surface area contributed by atoms with E-state index >= 15 is 0 Å². The van der Waals surface area contributed by atoms with E-state index in [0.29, 0.717) is 38.4 Å². The van der Waals surface area contributed by atoms with Gasteiger partial charge in [0.05, 0.1) is 22.6 Å². The quantitative estimate of drug-likeness (QED) is 0.471. The van der Waals surface area contributed by atoms with Crippen molar-refractivity contribution in [1.82, 2.24) is 14.5 Å². The Morgan fingerprint density at radius 2 is 1.85 bits per heavy atom. The zero-order valence-corrected chi connectivity index (χ0v) is 18.7. The number of hydrogen-bond donors (Lipinski definition) is 0. The van der Waals surface area contributed by atoms with E-state index in [9.17, 15) is 14.9 Å². The van der Waals surface area contributed by atoms with E-state index in [-0.39, 0.29) is 17.0 Å². The molecule has 1 fully saturated rings. The molecule has 7 nitrogen and oxygen atoms in total. The summed E-state index contributed by atoms with van der Waals surface area (Å²) < 4.78 is 1.64.